The monoisotopic (exact) mass is 411 g/mol. The van der Waals surface area contributed by atoms with Gasteiger partial charge in [0.05, 0.1) is 12.6 Å². The molecule has 29 heavy (non-hydrogen) atoms. The second-order valence-electron chi connectivity index (χ2n) is 8.43. The quantitative estimate of drug-likeness (QED) is 0.836. The Hall–Kier alpha value is -2.04. The number of hydrogen-bond donors (Lipinski definition) is 1. The molecular formula is C24H30ClN3O. The van der Waals surface area contributed by atoms with Crippen LogP contribution in [0.5, 0.6) is 0 Å². The van der Waals surface area contributed by atoms with Crippen molar-refractivity contribution in [1.82, 2.24) is 10.2 Å². The number of aryl methyl sites for hydroxylation is 3. The number of para-hydroxylation sites is 1. The number of rotatable bonds is 4. The third-order valence-corrected chi connectivity index (χ3v) is 6.63. The van der Waals surface area contributed by atoms with E-state index in [9.17, 15) is 4.79 Å². The van der Waals surface area contributed by atoms with Crippen LogP contribution in [0.3, 0.4) is 0 Å². The molecule has 0 radical (unpaired) electrons. The summed E-state index contributed by atoms with van der Waals surface area (Å²) < 4.78 is 0. The SMILES string of the molecule is Cl.O=C(CN1CCN(c2ccccc2)CC1)NC1CCc2cc3c(cc21)CCC3. The highest BCUT2D eigenvalue weighted by Crippen LogP contribution is 2.36. The van der Waals surface area contributed by atoms with Crippen LogP contribution in [-0.4, -0.2) is 43.5 Å². The van der Waals surface area contributed by atoms with Crippen LogP contribution in [0.1, 0.15) is 41.1 Å². The van der Waals surface area contributed by atoms with Gasteiger partial charge < -0.3 is 10.2 Å². The van der Waals surface area contributed by atoms with Crippen LogP contribution in [-0.2, 0) is 24.1 Å². The summed E-state index contributed by atoms with van der Waals surface area (Å²) in [5.74, 6) is 0.173. The van der Waals surface area contributed by atoms with Gasteiger partial charge in [-0.05, 0) is 66.5 Å². The van der Waals surface area contributed by atoms with E-state index in [0.717, 1.165) is 39.0 Å². The highest BCUT2D eigenvalue weighted by molar-refractivity contribution is 5.85. The fourth-order valence-electron chi connectivity index (χ4n) is 5.09. The first kappa shape index (κ1) is 20.2. The van der Waals surface area contributed by atoms with Crippen molar-refractivity contribution in [2.24, 2.45) is 0 Å². The van der Waals surface area contributed by atoms with Crippen molar-refractivity contribution < 1.29 is 4.79 Å². The minimum absolute atomic E-state index is 0. The third-order valence-electron chi connectivity index (χ3n) is 6.63. The number of carbonyl (C=O) groups excluding carboxylic acids is 1. The molecule has 0 bridgehead atoms. The average Bonchev–Trinajstić information content (AvgIpc) is 3.34. The maximum atomic E-state index is 12.7. The van der Waals surface area contributed by atoms with Crippen molar-refractivity contribution in [3.63, 3.8) is 0 Å². The first-order chi connectivity index (χ1) is 13.8. The highest BCUT2D eigenvalue weighted by atomic mass is 35.5. The summed E-state index contributed by atoms with van der Waals surface area (Å²) >= 11 is 0. The van der Waals surface area contributed by atoms with Crippen LogP contribution in [0.2, 0.25) is 0 Å². The van der Waals surface area contributed by atoms with Crippen LogP contribution in [0, 0.1) is 0 Å². The molecule has 0 spiro atoms. The molecule has 1 N–H and O–H groups in total. The zero-order valence-corrected chi connectivity index (χ0v) is 17.7. The Kier molecular flexibility index (Phi) is 6.12. The highest BCUT2D eigenvalue weighted by Gasteiger charge is 2.27. The molecule has 4 nitrogen and oxygen atoms in total. The Morgan fingerprint density at radius 1 is 0.931 bits per heavy atom. The molecule has 5 rings (SSSR count). The van der Waals surface area contributed by atoms with Crippen molar-refractivity contribution in [2.45, 2.75) is 38.1 Å². The zero-order valence-electron chi connectivity index (χ0n) is 16.9. The predicted octanol–water partition coefficient (Wildman–Crippen LogP) is 3.52. The number of fused-ring (bicyclic) bond motifs is 2. The molecule has 1 atom stereocenters. The van der Waals surface area contributed by atoms with Gasteiger partial charge in [-0.1, -0.05) is 30.3 Å². The summed E-state index contributed by atoms with van der Waals surface area (Å²) in [4.78, 5) is 17.4. The van der Waals surface area contributed by atoms with Crippen molar-refractivity contribution in [1.29, 1.82) is 0 Å². The van der Waals surface area contributed by atoms with Gasteiger partial charge in [0.15, 0.2) is 0 Å². The lowest BCUT2D eigenvalue weighted by Crippen LogP contribution is -2.49. The number of nitrogens with zero attached hydrogens (tertiary/aromatic N) is 2. The molecule has 2 aliphatic carbocycles. The van der Waals surface area contributed by atoms with E-state index in [-0.39, 0.29) is 24.4 Å². The molecule has 1 fully saturated rings. The molecule has 0 saturated carbocycles. The first-order valence-electron chi connectivity index (χ1n) is 10.7. The molecule has 1 saturated heterocycles. The fraction of sp³-hybridized carbons (Fsp3) is 0.458. The van der Waals surface area contributed by atoms with Gasteiger partial charge in [-0.2, -0.15) is 0 Å². The summed E-state index contributed by atoms with van der Waals surface area (Å²) in [6.45, 7) is 4.36. The topological polar surface area (TPSA) is 35.6 Å². The van der Waals surface area contributed by atoms with Crippen LogP contribution < -0.4 is 10.2 Å². The Balaban J connectivity index is 0.00000205. The van der Waals surface area contributed by atoms with Crippen LogP contribution in [0.4, 0.5) is 5.69 Å². The summed E-state index contributed by atoms with van der Waals surface area (Å²) in [6, 6.07) is 15.6. The molecule has 154 valence electrons. The number of piperazine rings is 1. The van der Waals surface area contributed by atoms with Gasteiger partial charge in [0.1, 0.15) is 0 Å². The molecule has 1 aliphatic heterocycles. The van der Waals surface area contributed by atoms with Gasteiger partial charge in [-0.25, -0.2) is 0 Å². The summed E-state index contributed by atoms with van der Waals surface area (Å²) in [5, 5.41) is 3.32. The minimum Gasteiger partial charge on any atom is -0.369 e. The van der Waals surface area contributed by atoms with Gasteiger partial charge in [0, 0.05) is 31.9 Å². The van der Waals surface area contributed by atoms with Gasteiger partial charge in [0.25, 0.3) is 0 Å². The standard InChI is InChI=1S/C24H29N3O.ClH/c28-24(17-26-11-13-27(14-12-26)21-7-2-1-3-8-21)25-23-10-9-20-15-18-5-4-6-19(18)16-22(20)23;/h1-3,7-8,15-16,23H,4-6,9-14,17H2,(H,25,28);1H. The lowest BCUT2D eigenvalue weighted by molar-refractivity contribution is -0.123. The minimum atomic E-state index is 0. The Bertz CT molecular complexity index is 862. The molecular weight excluding hydrogens is 382 g/mol. The maximum absolute atomic E-state index is 12.7. The number of anilines is 1. The van der Waals surface area contributed by atoms with Gasteiger partial charge in [-0.3, -0.25) is 9.69 Å². The van der Waals surface area contributed by atoms with Crippen molar-refractivity contribution in [3.8, 4) is 0 Å². The van der Waals surface area contributed by atoms with Crippen molar-refractivity contribution in [3.05, 3.63) is 64.7 Å². The molecule has 0 aromatic heterocycles. The van der Waals surface area contributed by atoms with Crippen LogP contribution >= 0.6 is 12.4 Å². The smallest absolute Gasteiger partial charge is 0.234 e. The average molecular weight is 412 g/mol. The van der Waals surface area contributed by atoms with Gasteiger partial charge in [0.2, 0.25) is 5.91 Å². The number of amides is 1. The lowest BCUT2D eigenvalue weighted by atomic mass is 10.0. The second-order valence-corrected chi connectivity index (χ2v) is 8.43. The number of hydrogen-bond acceptors (Lipinski definition) is 3. The lowest BCUT2D eigenvalue weighted by Gasteiger charge is -2.35. The number of benzene rings is 2. The molecule has 1 amide bonds. The van der Waals surface area contributed by atoms with E-state index in [2.05, 4.69) is 57.6 Å². The molecule has 3 aliphatic rings. The second kappa shape index (κ2) is 8.76. The summed E-state index contributed by atoms with van der Waals surface area (Å²) in [5.41, 5.74) is 7.17. The van der Waals surface area contributed by atoms with Crippen molar-refractivity contribution >= 4 is 24.0 Å². The number of halogens is 1. The van der Waals surface area contributed by atoms with Gasteiger partial charge in [-0.15, -0.1) is 12.4 Å². The van der Waals surface area contributed by atoms with E-state index >= 15 is 0 Å². The Morgan fingerprint density at radius 3 is 2.41 bits per heavy atom. The molecule has 2 aromatic rings. The Labute approximate surface area is 179 Å². The summed E-state index contributed by atoms with van der Waals surface area (Å²) in [7, 11) is 0. The number of carbonyl (C=O) groups is 1. The fourth-order valence-corrected chi connectivity index (χ4v) is 5.09. The third kappa shape index (κ3) is 4.29. The maximum Gasteiger partial charge on any atom is 0.234 e. The molecule has 1 unspecified atom stereocenters. The molecule has 2 aromatic carbocycles. The van der Waals surface area contributed by atoms with E-state index in [0.29, 0.717) is 6.54 Å². The van der Waals surface area contributed by atoms with E-state index in [1.165, 1.54) is 41.6 Å². The molecule has 5 heteroatoms. The van der Waals surface area contributed by atoms with Crippen molar-refractivity contribution in [2.75, 3.05) is 37.6 Å². The van der Waals surface area contributed by atoms with Gasteiger partial charge >= 0.3 is 0 Å². The normalized spacial score (nSPS) is 20.7. The largest absolute Gasteiger partial charge is 0.369 e. The van der Waals surface area contributed by atoms with E-state index in [1.807, 2.05) is 0 Å². The van der Waals surface area contributed by atoms with Crippen LogP contribution in [0.15, 0.2) is 42.5 Å². The van der Waals surface area contributed by atoms with E-state index in [4.69, 9.17) is 0 Å². The molecule has 1 heterocycles. The van der Waals surface area contributed by atoms with E-state index < -0.39 is 0 Å². The zero-order chi connectivity index (χ0) is 18.9. The van der Waals surface area contributed by atoms with E-state index in [1.54, 1.807) is 5.56 Å². The number of nitrogens with one attached hydrogen (secondary N) is 1. The predicted molar refractivity (Wildman–Crippen MR) is 120 cm³/mol. The summed E-state index contributed by atoms with van der Waals surface area (Å²) in [6.07, 6.45) is 5.86. The first-order valence-corrected chi connectivity index (χ1v) is 10.7. The Morgan fingerprint density at radius 2 is 1.66 bits per heavy atom. The van der Waals surface area contributed by atoms with Crippen LogP contribution in [0.25, 0.3) is 0 Å².